The molecule has 0 bridgehead atoms. The average Bonchev–Trinajstić information content (AvgIpc) is 2.59. The number of rotatable bonds is 8. The molecule has 0 aliphatic heterocycles. The molecule has 0 radical (unpaired) electrons. The molecule has 4 nitrogen and oxygen atoms in total. The van der Waals surface area contributed by atoms with Crippen LogP contribution in [0.4, 0.5) is 0 Å². The number of carbonyl (C=O) groups excluding carboxylic acids is 1. The van der Waals surface area contributed by atoms with Gasteiger partial charge in [0.2, 0.25) is 5.91 Å². The Hall–Kier alpha value is -2.01. The molecule has 25 heavy (non-hydrogen) atoms. The van der Waals surface area contributed by atoms with Crippen LogP contribution < -0.4 is 14.8 Å². The summed E-state index contributed by atoms with van der Waals surface area (Å²) in [5, 5.41) is 3.03. The van der Waals surface area contributed by atoms with Gasteiger partial charge in [-0.15, -0.1) is 0 Å². The van der Waals surface area contributed by atoms with Gasteiger partial charge >= 0.3 is 0 Å². The molecule has 0 aliphatic carbocycles. The minimum absolute atomic E-state index is 0.0123. The lowest BCUT2D eigenvalue weighted by Gasteiger charge is -2.17. The van der Waals surface area contributed by atoms with Crippen molar-refractivity contribution in [2.45, 2.75) is 33.2 Å². The van der Waals surface area contributed by atoms with Crippen LogP contribution in [-0.2, 0) is 11.2 Å². The first-order valence-electron chi connectivity index (χ1n) is 8.46. The average molecular weight is 406 g/mol. The smallest absolute Gasteiger partial charge is 0.224 e. The fourth-order valence-corrected chi connectivity index (χ4v) is 2.76. The van der Waals surface area contributed by atoms with E-state index in [4.69, 9.17) is 9.47 Å². The van der Waals surface area contributed by atoms with Crippen molar-refractivity contribution in [2.75, 3.05) is 13.2 Å². The Kier molecular flexibility index (Phi) is 7.31. The van der Waals surface area contributed by atoms with E-state index in [0.29, 0.717) is 25.4 Å². The first-order valence-corrected chi connectivity index (χ1v) is 9.26. The summed E-state index contributed by atoms with van der Waals surface area (Å²) in [6, 6.07) is 13.4. The van der Waals surface area contributed by atoms with Crippen molar-refractivity contribution in [1.29, 1.82) is 0 Å². The van der Waals surface area contributed by atoms with Gasteiger partial charge in [0, 0.05) is 4.47 Å². The molecule has 2 rings (SSSR count). The van der Waals surface area contributed by atoms with Crippen molar-refractivity contribution >= 4 is 21.8 Å². The highest BCUT2D eigenvalue weighted by atomic mass is 79.9. The number of amides is 1. The zero-order valence-corrected chi connectivity index (χ0v) is 16.4. The predicted octanol–water partition coefficient (Wildman–Crippen LogP) is 4.67. The van der Waals surface area contributed by atoms with Crippen LogP contribution >= 0.6 is 15.9 Å². The van der Waals surface area contributed by atoms with Crippen LogP contribution in [0.25, 0.3) is 0 Å². The molecule has 0 aliphatic rings. The molecule has 134 valence electrons. The van der Waals surface area contributed by atoms with E-state index in [-0.39, 0.29) is 11.9 Å². The molecule has 5 heteroatoms. The second-order valence-corrected chi connectivity index (χ2v) is 6.58. The van der Waals surface area contributed by atoms with E-state index in [1.165, 1.54) is 0 Å². The molecule has 0 aromatic heterocycles. The number of hydrogen-bond donors (Lipinski definition) is 1. The summed E-state index contributed by atoms with van der Waals surface area (Å²) < 4.78 is 12.2. The van der Waals surface area contributed by atoms with Crippen molar-refractivity contribution in [3.8, 4) is 11.5 Å². The summed E-state index contributed by atoms with van der Waals surface area (Å²) in [7, 11) is 0. The van der Waals surface area contributed by atoms with Gasteiger partial charge in [-0.2, -0.15) is 0 Å². The lowest BCUT2D eigenvalue weighted by molar-refractivity contribution is -0.121. The molecule has 0 saturated carbocycles. The Morgan fingerprint density at radius 3 is 2.32 bits per heavy atom. The van der Waals surface area contributed by atoms with Gasteiger partial charge in [-0.25, -0.2) is 0 Å². The SMILES string of the molecule is CCOc1ccc([C@H](C)NC(=O)Cc2ccc(Br)cc2)cc1OCC. The number of benzene rings is 2. The third-order valence-corrected chi connectivity index (χ3v) is 4.25. The normalized spacial score (nSPS) is 11.7. The molecule has 0 unspecified atom stereocenters. The van der Waals surface area contributed by atoms with Crippen LogP contribution in [0.2, 0.25) is 0 Å². The van der Waals surface area contributed by atoms with Gasteiger partial charge in [0.1, 0.15) is 0 Å². The third-order valence-electron chi connectivity index (χ3n) is 3.72. The van der Waals surface area contributed by atoms with Gasteiger partial charge in [-0.05, 0) is 56.2 Å². The highest BCUT2D eigenvalue weighted by Gasteiger charge is 2.13. The summed E-state index contributed by atoms with van der Waals surface area (Å²) in [5.74, 6) is 1.42. The van der Waals surface area contributed by atoms with Crippen LogP contribution in [-0.4, -0.2) is 19.1 Å². The molecule has 2 aromatic rings. The standard InChI is InChI=1S/C20H24BrNO3/c1-4-24-18-11-8-16(13-19(18)25-5-2)14(3)22-20(23)12-15-6-9-17(21)10-7-15/h6-11,13-14H,4-5,12H2,1-3H3,(H,22,23)/t14-/m0/s1. The summed E-state index contributed by atoms with van der Waals surface area (Å²) in [5.41, 5.74) is 1.96. The summed E-state index contributed by atoms with van der Waals surface area (Å²) >= 11 is 3.40. The number of hydrogen-bond acceptors (Lipinski definition) is 3. The first-order chi connectivity index (χ1) is 12.0. The maximum absolute atomic E-state index is 12.3. The zero-order valence-electron chi connectivity index (χ0n) is 14.8. The van der Waals surface area contributed by atoms with E-state index in [1.807, 2.05) is 63.2 Å². The van der Waals surface area contributed by atoms with Gasteiger partial charge in [-0.1, -0.05) is 34.1 Å². The Balaban J connectivity index is 2.03. The molecule has 0 heterocycles. The Morgan fingerprint density at radius 2 is 1.68 bits per heavy atom. The topological polar surface area (TPSA) is 47.6 Å². The molecule has 0 spiro atoms. The number of halogens is 1. The second kappa shape index (κ2) is 9.47. The number of nitrogens with one attached hydrogen (secondary N) is 1. The summed E-state index contributed by atoms with van der Waals surface area (Å²) in [6.07, 6.45) is 0.354. The van der Waals surface area contributed by atoms with Crippen LogP contribution in [0, 0.1) is 0 Å². The molecular weight excluding hydrogens is 382 g/mol. The Morgan fingerprint density at radius 1 is 1.04 bits per heavy atom. The number of ether oxygens (including phenoxy) is 2. The van der Waals surface area contributed by atoms with E-state index < -0.39 is 0 Å². The van der Waals surface area contributed by atoms with Gasteiger partial charge < -0.3 is 14.8 Å². The van der Waals surface area contributed by atoms with E-state index in [1.54, 1.807) is 0 Å². The van der Waals surface area contributed by atoms with Crippen LogP contribution in [0.1, 0.15) is 37.9 Å². The fourth-order valence-electron chi connectivity index (χ4n) is 2.50. The Labute approximate surface area is 157 Å². The minimum atomic E-state index is -0.113. The van der Waals surface area contributed by atoms with Crippen molar-refractivity contribution in [3.63, 3.8) is 0 Å². The van der Waals surface area contributed by atoms with Crippen LogP contribution in [0.5, 0.6) is 11.5 Å². The van der Waals surface area contributed by atoms with Gasteiger partial charge in [0.05, 0.1) is 25.7 Å². The summed E-state index contributed by atoms with van der Waals surface area (Å²) in [4.78, 5) is 12.3. The monoisotopic (exact) mass is 405 g/mol. The maximum atomic E-state index is 12.3. The van der Waals surface area contributed by atoms with E-state index >= 15 is 0 Å². The fraction of sp³-hybridized carbons (Fsp3) is 0.350. The second-order valence-electron chi connectivity index (χ2n) is 5.66. The van der Waals surface area contributed by atoms with Crippen molar-refractivity contribution in [1.82, 2.24) is 5.32 Å². The molecule has 2 aromatic carbocycles. The molecule has 0 saturated heterocycles. The lowest BCUT2D eigenvalue weighted by Crippen LogP contribution is -2.28. The largest absolute Gasteiger partial charge is 0.490 e. The quantitative estimate of drug-likeness (QED) is 0.693. The minimum Gasteiger partial charge on any atom is -0.490 e. The van der Waals surface area contributed by atoms with Crippen LogP contribution in [0.15, 0.2) is 46.9 Å². The predicted molar refractivity (Wildman–Crippen MR) is 103 cm³/mol. The molecule has 1 amide bonds. The van der Waals surface area contributed by atoms with Crippen LogP contribution in [0.3, 0.4) is 0 Å². The molecular formula is C20H24BrNO3. The van der Waals surface area contributed by atoms with Crippen molar-refractivity contribution in [3.05, 3.63) is 58.1 Å². The van der Waals surface area contributed by atoms with E-state index in [0.717, 1.165) is 21.3 Å². The Bertz CT molecular complexity index is 701. The van der Waals surface area contributed by atoms with E-state index in [9.17, 15) is 4.79 Å². The molecule has 0 fully saturated rings. The maximum Gasteiger partial charge on any atom is 0.224 e. The zero-order chi connectivity index (χ0) is 18.2. The van der Waals surface area contributed by atoms with Crippen molar-refractivity contribution < 1.29 is 14.3 Å². The molecule has 1 N–H and O–H groups in total. The van der Waals surface area contributed by atoms with Gasteiger partial charge in [0.25, 0.3) is 0 Å². The highest BCUT2D eigenvalue weighted by molar-refractivity contribution is 9.10. The highest BCUT2D eigenvalue weighted by Crippen LogP contribution is 2.30. The molecule has 1 atom stereocenters. The van der Waals surface area contributed by atoms with Gasteiger partial charge in [-0.3, -0.25) is 4.79 Å². The number of carbonyl (C=O) groups is 1. The van der Waals surface area contributed by atoms with Crippen molar-refractivity contribution in [2.24, 2.45) is 0 Å². The third kappa shape index (κ3) is 5.78. The summed E-state index contributed by atoms with van der Waals surface area (Å²) in [6.45, 7) is 6.98. The van der Waals surface area contributed by atoms with E-state index in [2.05, 4.69) is 21.2 Å². The first kappa shape index (κ1) is 19.3. The van der Waals surface area contributed by atoms with Gasteiger partial charge in [0.15, 0.2) is 11.5 Å². The lowest BCUT2D eigenvalue weighted by atomic mass is 10.1.